The summed E-state index contributed by atoms with van der Waals surface area (Å²) in [6.45, 7) is 1.67. The van der Waals surface area contributed by atoms with E-state index in [1.165, 1.54) is 6.42 Å². The monoisotopic (exact) mass is 224 g/mol. The molecule has 0 bridgehead atoms. The minimum atomic E-state index is -0.241. The quantitative estimate of drug-likeness (QED) is 0.491. The lowest BCUT2D eigenvalue weighted by molar-refractivity contribution is 0.184. The first-order valence-corrected chi connectivity index (χ1v) is 6.08. The number of rotatable bonds is 3. The van der Waals surface area contributed by atoms with E-state index < -0.39 is 0 Å². The molecular weight excluding hydrogens is 204 g/mol. The second-order valence-electron chi connectivity index (χ2n) is 4.77. The first-order valence-electron chi connectivity index (χ1n) is 6.08. The molecule has 16 heavy (non-hydrogen) atoms. The van der Waals surface area contributed by atoms with Crippen molar-refractivity contribution in [3.05, 3.63) is 0 Å². The molecule has 0 aromatic carbocycles. The number of piperidine rings is 1. The van der Waals surface area contributed by atoms with Crippen molar-refractivity contribution < 1.29 is 4.79 Å². The minimum absolute atomic E-state index is 0.0493. The molecule has 1 aliphatic heterocycles. The van der Waals surface area contributed by atoms with Crippen LogP contribution in [0.15, 0.2) is 0 Å². The molecule has 0 spiro atoms. The van der Waals surface area contributed by atoms with E-state index in [-0.39, 0.29) is 17.9 Å². The molecule has 1 aliphatic carbocycles. The molecule has 5 heteroatoms. The molecule has 5 nitrogen and oxygen atoms in total. The Morgan fingerprint density at radius 2 is 1.94 bits per heavy atom. The number of carbonyl (C=O) groups is 1. The van der Waals surface area contributed by atoms with Gasteiger partial charge in [-0.3, -0.25) is 5.41 Å². The summed E-state index contributed by atoms with van der Waals surface area (Å²) in [5.74, 6) is 0.485. The third-order valence-corrected chi connectivity index (χ3v) is 3.35. The van der Waals surface area contributed by atoms with Crippen molar-refractivity contribution in [2.45, 2.75) is 38.1 Å². The highest BCUT2D eigenvalue weighted by Gasteiger charge is 2.35. The number of nitrogens with one attached hydrogen (secondary N) is 2. The van der Waals surface area contributed by atoms with E-state index in [0.29, 0.717) is 5.92 Å². The summed E-state index contributed by atoms with van der Waals surface area (Å²) in [4.78, 5) is 13.7. The number of nitrogens with two attached hydrogens (primary N) is 1. The van der Waals surface area contributed by atoms with Crippen molar-refractivity contribution in [3.8, 4) is 0 Å². The van der Waals surface area contributed by atoms with Crippen molar-refractivity contribution >= 4 is 11.9 Å². The number of amides is 2. The van der Waals surface area contributed by atoms with Gasteiger partial charge in [0.05, 0.1) is 6.04 Å². The molecule has 4 N–H and O–H groups in total. The third-order valence-electron chi connectivity index (χ3n) is 3.35. The van der Waals surface area contributed by atoms with Gasteiger partial charge in [0.25, 0.3) is 0 Å². The molecule has 2 aliphatic rings. The molecule has 2 fully saturated rings. The Balaban J connectivity index is 1.86. The van der Waals surface area contributed by atoms with E-state index in [4.69, 9.17) is 11.1 Å². The number of hydrogen-bond donors (Lipinski definition) is 3. The molecule has 1 saturated heterocycles. The Kier molecular flexibility index (Phi) is 3.31. The van der Waals surface area contributed by atoms with Crippen LogP contribution in [0.1, 0.15) is 32.1 Å². The van der Waals surface area contributed by atoms with Crippen LogP contribution in [-0.2, 0) is 0 Å². The van der Waals surface area contributed by atoms with Crippen LogP contribution >= 0.6 is 0 Å². The maximum Gasteiger partial charge on any atom is 0.317 e. The molecule has 1 atom stereocenters. The number of amidine groups is 1. The second kappa shape index (κ2) is 4.72. The molecular formula is C11H20N4O. The van der Waals surface area contributed by atoms with E-state index in [9.17, 15) is 4.79 Å². The lowest BCUT2D eigenvalue weighted by atomic mass is 10.1. The lowest BCUT2D eigenvalue weighted by Crippen LogP contribution is -2.51. The van der Waals surface area contributed by atoms with Crippen molar-refractivity contribution in [3.63, 3.8) is 0 Å². The third kappa shape index (κ3) is 2.65. The van der Waals surface area contributed by atoms with Gasteiger partial charge >= 0.3 is 6.03 Å². The topological polar surface area (TPSA) is 82.2 Å². The van der Waals surface area contributed by atoms with E-state index in [0.717, 1.165) is 38.8 Å². The van der Waals surface area contributed by atoms with Gasteiger partial charge < -0.3 is 16.0 Å². The largest absolute Gasteiger partial charge is 0.386 e. The van der Waals surface area contributed by atoms with Gasteiger partial charge in [0.15, 0.2) is 0 Å². The van der Waals surface area contributed by atoms with Crippen LogP contribution in [0.25, 0.3) is 0 Å². The molecule has 2 rings (SSSR count). The first kappa shape index (κ1) is 11.2. The number of hydrogen-bond acceptors (Lipinski definition) is 2. The second-order valence-corrected chi connectivity index (χ2v) is 4.77. The van der Waals surface area contributed by atoms with Crippen LogP contribution in [0.3, 0.4) is 0 Å². The Morgan fingerprint density at radius 1 is 1.31 bits per heavy atom. The fourth-order valence-corrected chi connectivity index (χ4v) is 2.20. The van der Waals surface area contributed by atoms with Crippen LogP contribution in [0, 0.1) is 11.3 Å². The molecule has 0 aromatic rings. The Bertz CT molecular complexity index is 282. The minimum Gasteiger partial charge on any atom is -0.386 e. The number of nitrogens with zero attached hydrogens (tertiary/aromatic N) is 1. The Morgan fingerprint density at radius 3 is 2.44 bits per heavy atom. The predicted molar refractivity (Wildman–Crippen MR) is 62.4 cm³/mol. The first-order chi connectivity index (χ1) is 7.68. The lowest BCUT2D eigenvalue weighted by Gasteiger charge is -2.29. The molecule has 2 amide bonds. The maximum atomic E-state index is 11.9. The van der Waals surface area contributed by atoms with Crippen LogP contribution in [0.2, 0.25) is 0 Å². The van der Waals surface area contributed by atoms with Crippen LogP contribution in [0.5, 0.6) is 0 Å². The van der Waals surface area contributed by atoms with E-state index in [1.54, 1.807) is 0 Å². The number of urea groups is 1. The summed E-state index contributed by atoms with van der Waals surface area (Å²) < 4.78 is 0. The normalized spacial score (nSPS) is 22.6. The van der Waals surface area contributed by atoms with Gasteiger partial charge in [-0.25, -0.2) is 4.79 Å². The SMILES string of the molecule is N=C(N)C(NC(=O)N1CCCCC1)C1CC1. The van der Waals surface area contributed by atoms with Crippen LogP contribution in [0.4, 0.5) is 4.79 Å². The average molecular weight is 224 g/mol. The van der Waals surface area contributed by atoms with Crippen molar-refractivity contribution in [1.82, 2.24) is 10.2 Å². The molecule has 1 saturated carbocycles. The van der Waals surface area contributed by atoms with Crippen molar-refractivity contribution in [2.24, 2.45) is 11.7 Å². The summed E-state index contributed by atoms with van der Waals surface area (Å²) in [6, 6.07) is -0.291. The van der Waals surface area contributed by atoms with Gasteiger partial charge in [-0.15, -0.1) is 0 Å². The highest BCUT2D eigenvalue weighted by Crippen LogP contribution is 2.32. The van der Waals surface area contributed by atoms with Gasteiger partial charge in [0.1, 0.15) is 5.84 Å². The van der Waals surface area contributed by atoms with E-state index >= 15 is 0 Å². The fraction of sp³-hybridized carbons (Fsp3) is 0.818. The smallest absolute Gasteiger partial charge is 0.317 e. The standard InChI is InChI=1S/C11H20N4O/c12-10(13)9(8-4-5-8)14-11(16)15-6-2-1-3-7-15/h8-9H,1-7H2,(H3,12,13)(H,14,16). The summed E-state index contributed by atoms with van der Waals surface area (Å²) in [5, 5.41) is 10.4. The molecule has 0 aromatic heterocycles. The summed E-state index contributed by atoms with van der Waals surface area (Å²) in [7, 11) is 0. The van der Waals surface area contributed by atoms with Gasteiger partial charge in [0, 0.05) is 13.1 Å². The van der Waals surface area contributed by atoms with Gasteiger partial charge in [-0.2, -0.15) is 0 Å². The van der Waals surface area contributed by atoms with E-state index in [2.05, 4.69) is 5.32 Å². The number of likely N-dealkylation sites (tertiary alicyclic amines) is 1. The molecule has 1 unspecified atom stereocenters. The highest BCUT2D eigenvalue weighted by atomic mass is 16.2. The zero-order valence-electron chi connectivity index (χ0n) is 9.54. The molecule has 0 radical (unpaired) electrons. The number of carbonyl (C=O) groups excluding carboxylic acids is 1. The summed E-state index contributed by atoms with van der Waals surface area (Å²) in [5.41, 5.74) is 5.51. The average Bonchev–Trinajstić information content (AvgIpc) is 3.10. The Hall–Kier alpha value is -1.26. The van der Waals surface area contributed by atoms with Gasteiger partial charge in [0.2, 0.25) is 0 Å². The zero-order valence-corrected chi connectivity index (χ0v) is 9.54. The zero-order chi connectivity index (χ0) is 11.5. The molecule has 90 valence electrons. The van der Waals surface area contributed by atoms with Gasteiger partial charge in [-0.05, 0) is 38.0 Å². The summed E-state index contributed by atoms with van der Waals surface area (Å²) >= 11 is 0. The van der Waals surface area contributed by atoms with Gasteiger partial charge in [-0.1, -0.05) is 0 Å². The highest BCUT2D eigenvalue weighted by molar-refractivity contribution is 5.88. The van der Waals surface area contributed by atoms with Crippen LogP contribution in [-0.4, -0.2) is 35.9 Å². The fourth-order valence-electron chi connectivity index (χ4n) is 2.20. The van der Waals surface area contributed by atoms with Crippen LogP contribution < -0.4 is 11.1 Å². The molecule has 1 heterocycles. The maximum absolute atomic E-state index is 11.9. The van der Waals surface area contributed by atoms with E-state index in [1.807, 2.05) is 4.90 Å². The summed E-state index contributed by atoms with van der Waals surface area (Å²) in [6.07, 6.45) is 5.53. The Labute approximate surface area is 95.9 Å². The van der Waals surface area contributed by atoms with Crippen molar-refractivity contribution in [2.75, 3.05) is 13.1 Å². The van der Waals surface area contributed by atoms with Crippen molar-refractivity contribution in [1.29, 1.82) is 5.41 Å². The predicted octanol–water partition coefficient (Wildman–Crippen LogP) is 0.896.